The van der Waals surface area contributed by atoms with Gasteiger partial charge in [0.2, 0.25) is 5.91 Å². The number of carbonyl (C=O) groups is 2. The summed E-state index contributed by atoms with van der Waals surface area (Å²) in [5.74, 6) is -3.02. The molecule has 10 heteroatoms. The standard InChI is InChI=1S/C23H23FN4O5/c1-26-6-8-27(9-7-26)18(29)13-28-17-11-15(10-14-2-4-16(24)5-3-14)12-25-20(17)21(30)19(22(28)31)23(32)33/h2-5,11-12,30H,6-10,13H2,1H3,(H,32,33). The quantitative estimate of drug-likeness (QED) is 0.597. The van der Waals surface area contributed by atoms with Gasteiger partial charge in [-0.1, -0.05) is 12.1 Å². The molecule has 1 aliphatic rings. The smallest absolute Gasteiger partial charge is 0.345 e. The van der Waals surface area contributed by atoms with Gasteiger partial charge in [0.1, 0.15) is 17.9 Å². The Labute approximate surface area is 188 Å². The molecule has 0 aliphatic carbocycles. The first-order valence-electron chi connectivity index (χ1n) is 10.4. The first-order valence-corrected chi connectivity index (χ1v) is 10.4. The summed E-state index contributed by atoms with van der Waals surface area (Å²) in [5.41, 5.74) is -0.281. The zero-order chi connectivity index (χ0) is 23.7. The summed E-state index contributed by atoms with van der Waals surface area (Å²) < 4.78 is 14.3. The molecule has 3 aromatic rings. The number of carboxylic acids is 1. The minimum absolute atomic E-state index is 0.0824. The SMILES string of the molecule is CN1CCN(C(=O)Cn2c(=O)c(C(=O)O)c(O)c3ncc(Cc4ccc(F)cc4)cc32)CC1. The number of aromatic hydroxyl groups is 1. The maximum Gasteiger partial charge on any atom is 0.345 e. The third kappa shape index (κ3) is 4.56. The van der Waals surface area contributed by atoms with Gasteiger partial charge in [0, 0.05) is 32.4 Å². The van der Waals surface area contributed by atoms with Gasteiger partial charge in [-0.05, 0) is 42.8 Å². The van der Waals surface area contributed by atoms with Crippen LogP contribution in [-0.4, -0.2) is 74.7 Å². The van der Waals surface area contributed by atoms with Crippen LogP contribution in [0.25, 0.3) is 11.0 Å². The number of hydrogen-bond acceptors (Lipinski definition) is 6. The second-order valence-corrected chi connectivity index (χ2v) is 8.12. The molecule has 0 bridgehead atoms. The van der Waals surface area contributed by atoms with E-state index in [0.717, 1.165) is 10.1 Å². The molecule has 1 saturated heterocycles. The number of likely N-dealkylation sites (N-methyl/N-ethyl adjacent to an activating group) is 1. The summed E-state index contributed by atoms with van der Waals surface area (Å²) in [6.07, 6.45) is 1.82. The van der Waals surface area contributed by atoms with E-state index in [1.165, 1.54) is 18.3 Å². The molecule has 0 radical (unpaired) electrons. The van der Waals surface area contributed by atoms with E-state index in [9.17, 15) is 29.0 Å². The van der Waals surface area contributed by atoms with Crippen molar-refractivity contribution in [3.8, 4) is 5.75 Å². The Morgan fingerprint density at radius 3 is 2.39 bits per heavy atom. The number of piperazine rings is 1. The Balaban J connectivity index is 1.77. The van der Waals surface area contributed by atoms with E-state index in [1.54, 1.807) is 23.1 Å². The first kappa shape index (κ1) is 22.4. The van der Waals surface area contributed by atoms with Gasteiger partial charge in [-0.25, -0.2) is 9.18 Å². The predicted octanol–water partition coefficient (Wildman–Crippen LogP) is 1.30. The number of hydrogen-bond donors (Lipinski definition) is 2. The lowest BCUT2D eigenvalue weighted by molar-refractivity contribution is -0.133. The van der Waals surface area contributed by atoms with Crippen LogP contribution in [0.5, 0.6) is 5.75 Å². The van der Waals surface area contributed by atoms with Crippen LogP contribution in [-0.2, 0) is 17.8 Å². The van der Waals surface area contributed by atoms with Gasteiger partial charge >= 0.3 is 5.97 Å². The Morgan fingerprint density at radius 1 is 1.09 bits per heavy atom. The molecule has 0 atom stereocenters. The number of amides is 1. The average molecular weight is 454 g/mol. The highest BCUT2D eigenvalue weighted by Crippen LogP contribution is 2.26. The Morgan fingerprint density at radius 2 is 1.76 bits per heavy atom. The van der Waals surface area contributed by atoms with E-state index in [2.05, 4.69) is 9.88 Å². The largest absolute Gasteiger partial charge is 0.505 e. The summed E-state index contributed by atoms with van der Waals surface area (Å²) in [6.45, 7) is 2.02. The molecule has 3 heterocycles. The van der Waals surface area contributed by atoms with Crippen molar-refractivity contribution >= 4 is 22.9 Å². The summed E-state index contributed by atoms with van der Waals surface area (Å²) >= 11 is 0. The second kappa shape index (κ2) is 8.99. The molecular weight excluding hydrogens is 431 g/mol. The van der Waals surface area contributed by atoms with Crippen LogP contribution in [0.4, 0.5) is 4.39 Å². The number of carbonyl (C=O) groups excluding carboxylic acids is 1. The van der Waals surface area contributed by atoms with Crippen LogP contribution in [0.15, 0.2) is 41.3 Å². The molecule has 33 heavy (non-hydrogen) atoms. The van der Waals surface area contributed by atoms with Crippen molar-refractivity contribution < 1.29 is 24.2 Å². The predicted molar refractivity (Wildman–Crippen MR) is 118 cm³/mol. The van der Waals surface area contributed by atoms with Crippen LogP contribution >= 0.6 is 0 Å². The number of aromatic carboxylic acids is 1. The third-order valence-corrected chi connectivity index (χ3v) is 5.82. The molecule has 1 fully saturated rings. The minimum atomic E-state index is -1.60. The number of benzene rings is 1. The Bertz CT molecular complexity index is 1280. The number of halogens is 1. The highest BCUT2D eigenvalue weighted by atomic mass is 19.1. The number of nitrogens with zero attached hydrogens (tertiary/aromatic N) is 4. The topological polar surface area (TPSA) is 116 Å². The number of aromatic nitrogens is 2. The molecule has 1 aliphatic heterocycles. The number of rotatable bonds is 5. The molecule has 4 rings (SSSR count). The Kier molecular flexibility index (Phi) is 6.10. The first-order chi connectivity index (χ1) is 15.7. The summed E-state index contributed by atoms with van der Waals surface area (Å²) in [5, 5.41) is 19.9. The van der Waals surface area contributed by atoms with Crippen LogP contribution in [0, 0.1) is 5.82 Å². The van der Waals surface area contributed by atoms with E-state index in [4.69, 9.17) is 0 Å². The Hall–Kier alpha value is -3.79. The summed E-state index contributed by atoms with van der Waals surface area (Å²) in [7, 11) is 1.95. The van der Waals surface area contributed by atoms with Crippen molar-refractivity contribution in [3.05, 3.63) is 69.4 Å². The maximum absolute atomic E-state index is 13.2. The van der Waals surface area contributed by atoms with Gasteiger partial charge < -0.3 is 20.0 Å². The molecule has 1 amide bonds. The molecule has 9 nitrogen and oxygen atoms in total. The normalized spacial score (nSPS) is 14.5. The second-order valence-electron chi connectivity index (χ2n) is 8.12. The van der Waals surface area contributed by atoms with Gasteiger partial charge in [-0.2, -0.15) is 0 Å². The summed E-state index contributed by atoms with van der Waals surface area (Å²) in [4.78, 5) is 45.5. The van der Waals surface area contributed by atoms with Gasteiger partial charge in [0.25, 0.3) is 5.56 Å². The molecule has 172 valence electrons. The van der Waals surface area contributed by atoms with Gasteiger partial charge in [-0.3, -0.25) is 19.1 Å². The third-order valence-electron chi connectivity index (χ3n) is 5.82. The highest BCUT2D eigenvalue weighted by molar-refractivity contribution is 5.97. The van der Waals surface area contributed by atoms with Crippen LogP contribution in [0.2, 0.25) is 0 Å². The van der Waals surface area contributed by atoms with Crippen LogP contribution in [0.1, 0.15) is 21.5 Å². The molecule has 2 N–H and O–H groups in total. The fourth-order valence-electron chi connectivity index (χ4n) is 3.92. The van der Waals surface area contributed by atoms with Crippen molar-refractivity contribution in [2.45, 2.75) is 13.0 Å². The summed E-state index contributed by atoms with van der Waals surface area (Å²) in [6, 6.07) is 7.50. The van der Waals surface area contributed by atoms with E-state index >= 15 is 0 Å². The van der Waals surface area contributed by atoms with E-state index in [-0.39, 0.29) is 29.3 Å². The lowest BCUT2D eigenvalue weighted by Gasteiger charge is -2.32. The van der Waals surface area contributed by atoms with E-state index < -0.39 is 22.8 Å². The van der Waals surface area contributed by atoms with Gasteiger partial charge in [0.05, 0.1) is 5.52 Å². The fraction of sp³-hybridized carbons (Fsp3) is 0.304. The minimum Gasteiger partial charge on any atom is -0.505 e. The molecule has 0 unspecified atom stereocenters. The van der Waals surface area contributed by atoms with Crippen molar-refractivity contribution in [1.82, 2.24) is 19.4 Å². The zero-order valence-electron chi connectivity index (χ0n) is 18.0. The molecule has 0 spiro atoms. The van der Waals surface area contributed by atoms with E-state index in [1.807, 2.05) is 7.05 Å². The van der Waals surface area contributed by atoms with Crippen molar-refractivity contribution in [1.29, 1.82) is 0 Å². The highest BCUT2D eigenvalue weighted by Gasteiger charge is 2.26. The molecule has 2 aromatic heterocycles. The van der Waals surface area contributed by atoms with Crippen molar-refractivity contribution in [2.75, 3.05) is 33.2 Å². The maximum atomic E-state index is 13.2. The molecule has 1 aromatic carbocycles. The number of carboxylic acid groups (broad SMARTS) is 1. The number of fused-ring (bicyclic) bond motifs is 1. The van der Waals surface area contributed by atoms with Gasteiger partial charge in [-0.15, -0.1) is 0 Å². The molecule has 0 saturated carbocycles. The number of pyridine rings is 2. The molecular formula is C23H23FN4O5. The van der Waals surface area contributed by atoms with Crippen LogP contribution in [0.3, 0.4) is 0 Å². The zero-order valence-corrected chi connectivity index (χ0v) is 18.0. The van der Waals surface area contributed by atoms with Gasteiger partial charge in [0.15, 0.2) is 11.3 Å². The van der Waals surface area contributed by atoms with Crippen molar-refractivity contribution in [2.24, 2.45) is 0 Å². The lowest BCUT2D eigenvalue weighted by Crippen LogP contribution is -2.48. The fourth-order valence-corrected chi connectivity index (χ4v) is 3.92. The monoisotopic (exact) mass is 454 g/mol. The van der Waals surface area contributed by atoms with E-state index in [0.29, 0.717) is 38.2 Å². The van der Waals surface area contributed by atoms with Crippen LogP contribution < -0.4 is 5.56 Å². The lowest BCUT2D eigenvalue weighted by atomic mass is 10.1. The van der Waals surface area contributed by atoms with Crippen molar-refractivity contribution in [3.63, 3.8) is 0 Å². The average Bonchev–Trinajstić information content (AvgIpc) is 2.78.